The highest BCUT2D eigenvalue weighted by Gasteiger charge is 2.46. The van der Waals surface area contributed by atoms with Crippen LogP contribution in [0.25, 0.3) is 0 Å². The zero-order valence-electron chi connectivity index (χ0n) is 11.7. The van der Waals surface area contributed by atoms with Crippen molar-refractivity contribution in [1.82, 2.24) is 10.6 Å². The Morgan fingerprint density at radius 3 is 2.55 bits per heavy atom. The Labute approximate surface area is 149 Å². The average molecular weight is 506 g/mol. The molecular weight excluding hydrogens is 482 g/mol. The molecule has 0 aromatic rings. The summed E-state index contributed by atoms with van der Waals surface area (Å²) in [5.41, 5.74) is 0. The number of nitrogens with one attached hydrogen (secondary N) is 2. The normalized spacial score (nSPS) is 44.7. The van der Waals surface area contributed by atoms with Crippen LogP contribution in [0.2, 0.25) is 0 Å². The number of rotatable bonds is 5. The van der Waals surface area contributed by atoms with Gasteiger partial charge in [-0.25, -0.2) is 0 Å². The maximum atomic E-state index is 5.34. The standard InChI is InChI=1S/C14H24I2N2O2/c15-19-7-9-1-2-17-13(5-9)14-12-4-10(8-20-16)3-11(12)6-18-14/h9-14,17-18H,1-8H2. The molecule has 2 heterocycles. The molecule has 3 aliphatic rings. The first-order valence-electron chi connectivity index (χ1n) is 7.75. The summed E-state index contributed by atoms with van der Waals surface area (Å²) in [4.78, 5) is 0. The van der Waals surface area contributed by atoms with E-state index in [0.29, 0.717) is 12.1 Å². The van der Waals surface area contributed by atoms with Gasteiger partial charge in [-0.05, 0) is 62.4 Å². The topological polar surface area (TPSA) is 42.5 Å². The van der Waals surface area contributed by atoms with E-state index in [1.807, 2.05) is 46.0 Å². The van der Waals surface area contributed by atoms with Gasteiger partial charge in [0.15, 0.2) is 0 Å². The van der Waals surface area contributed by atoms with Crippen LogP contribution in [0.15, 0.2) is 0 Å². The molecule has 1 aliphatic carbocycles. The number of piperidine rings is 1. The van der Waals surface area contributed by atoms with Crippen molar-refractivity contribution in [1.29, 1.82) is 0 Å². The number of hydrogen-bond acceptors (Lipinski definition) is 4. The Balaban J connectivity index is 1.57. The number of halogens is 2. The van der Waals surface area contributed by atoms with Crippen LogP contribution in [-0.4, -0.2) is 38.4 Å². The molecule has 1 saturated carbocycles. The molecule has 6 unspecified atom stereocenters. The highest BCUT2D eigenvalue weighted by atomic mass is 127. The Bertz CT molecular complexity index is 320. The molecule has 4 nitrogen and oxygen atoms in total. The van der Waals surface area contributed by atoms with E-state index in [0.717, 1.165) is 43.4 Å². The van der Waals surface area contributed by atoms with Gasteiger partial charge in [-0.15, -0.1) is 0 Å². The minimum atomic E-state index is 0.634. The third kappa shape index (κ3) is 3.61. The highest BCUT2D eigenvalue weighted by Crippen LogP contribution is 2.43. The van der Waals surface area contributed by atoms with Gasteiger partial charge in [0.05, 0.1) is 13.2 Å². The SMILES string of the molecule is IOCC1CCNC(C2NCC3CC(COI)CC32)C1. The van der Waals surface area contributed by atoms with E-state index < -0.39 is 0 Å². The molecule has 0 radical (unpaired) electrons. The summed E-state index contributed by atoms with van der Waals surface area (Å²) in [6.45, 7) is 4.19. The first-order chi connectivity index (χ1) is 9.81. The lowest BCUT2D eigenvalue weighted by Gasteiger charge is -2.36. The fraction of sp³-hybridized carbons (Fsp3) is 1.00. The van der Waals surface area contributed by atoms with Gasteiger partial charge in [-0.2, -0.15) is 0 Å². The molecule has 20 heavy (non-hydrogen) atoms. The summed E-state index contributed by atoms with van der Waals surface area (Å²) in [6.07, 6.45) is 5.21. The van der Waals surface area contributed by atoms with Crippen molar-refractivity contribution < 1.29 is 6.13 Å². The molecule has 0 aromatic carbocycles. The maximum absolute atomic E-state index is 5.34. The van der Waals surface area contributed by atoms with Crippen LogP contribution >= 0.6 is 46.0 Å². The quantitative estimate of drug-likeness (QED) is 0.564. The lowest BCUT2D eigenvalue weighted by molar-refractivity contribution is 0.190. The number of fused-ring (bicyclic) bond motifs is 1. The lowest BCUT2D eigenvalue weighted by Crippen LogP contribution is -2.52. The fourth-order valence-corrected chi connectivity index (χ4v) is 5.62. The van der Waals surface area contributed by atoms with Gasteiger partial charge in [0.2, 0.25) is 0 Å². The molecule has 0 aromatic heterocycles. The summed E-state index contributed by atoms with van der Waals surface area (Å²) >= 11 is 4.07. The van der Waals surface area contributed by atoms with E-state index in [1.54, 1.807) is 0 Å². The van der Waals surface area contributed by atoms with Crippen molar-refractivity contribution in [3.05, 3.63) is 0 Å². The molecular formula is C14H24I2N2O2. The average Bonchev–Trinajstić information content (AvgIpc) is 2.99. The molecule has 0 bridgehead atoms. The van der Waals surface area contributed by atoms with Gasteiger partial charge in [-0.1, -0.05) is 0 Å². The van der Waals surface area contributed by atoms with Gasteiger partial charge >= 0.3 is 0 Å². The third-order valence-corrected chi connectivity index (χ3v) is 6.22. The van der Waals surface area contributed by atoms with Crippen LogP contribution in [0, 0.1) is 23.7 Å². The van der Waals surface area contributed by atoms with E-state index in [9.17, 15) is 0 Å². The summed E-state index contributed by atoms with van der Waals surface area (Å²) < 4.78 is 10.7. The van der Waals surface area contributed by atoms with Gasteiger partial charge in [0.25, 0.3) is 0 Å². The van der Waals surface area contributed by atoms with Gasteiger partial charge in [0.1, 0.15) is 46.0 Å². The molecule has 2 saturated heterocycles. The van der Waals surface area contributed by atoms with E-state index in [2.05, 4.69) is 10.6 Å². The predicted molar refractivity (Wildman–Crippen MR) is 96.0 cm³/mol. The first-order valence-corrected chi connectivity index (χ1v) is 9.51. The van der Waals surface area contributed by atoms with E-state index in [4.69, 9.17) is 6.13 Å². The molecule has 3 fully saturated rings. The van der Waals surface area contributed by atoms with Crippen molar-refractivity contribution >= 4 is 46.0 Å². The Morgan fingerprint density at radius 1 is 0.950 bits per heavy atom. The lowest BCUT2D eigenvalue weighted by atomic mass is 9.83. The first kappa shape index (κ1) is 16.2. The second-order valence-corrected chi connectivity index (χ2v) is 7.94. The summed E-state index contributed by atoms with van der Waals surface area (Å²) in [5.74, 6) is 3.24. The van der Waals surface area contributed by atoms with Crippen molar-refractivity contribution in [2.45, 2.75) is 37.8 Å². The number of hydrogen-bond donors (Lipinski definition) is 2. The van der Waals surface area contributed by atoms with Gasteiger partial charge < -0.3 is 16.8 Å². The Kier molecular flexibility index (Phi) is 6.24. The van der Waals surface area contributed by atoms with E-state index in [1.165, 1.54) is 32.2 Å². The molecule has 2 aliphatic heterocycles. The molecule has 116 valence electrons. The Hall–Kier alpha value is 1.30. The minimum Gasteiger partial charge on any atom is -0.316 e. The van der Waals surface area contributed by atoms with Crippen molar-refractivity contribution in [2.75, 3.05) is 26.3 Å². The monoisotopic (exact) mass is 506 g/mol. The minimum absolute atomic E-state index is 0.634. The zero-order chi connectivity index (χ0) is 13.9. The Morgan fingerprint density at radius 2 is 1.75 bits per heavy atom. The maximum Gasteiger partial charge on any atom is 0.109 e. The molecule has 2 N–H and O–H groups in total. The molecule has 0 amide bonds. The van der Waals surface area contributed by atoms with Crippen molar-refractivity contribution in [3.63, 3.8) is 0 Å². The van der Waals surface area contributed by atoms with E-state index >= 15 is 0 Å². The highest BCUT2D eigenvalue weighted by molar-refractivity contribution is 14.1. The van der Waals surface area contributed by atoms with Crippen LogP contribution < -0.4 is 10.6 Å². The fourth-order valence-electron chi connectivity index (χ4n) is 4.60. The van der Waals surface area contributed by atoms with Crippen LogP contribution in [-0.2, 0) is 6.13 Å². The molecule has 6 heteroatoms. The molecule has 0 spiro atoms. The van der Waals surface area contributed by atoms with Crippen molar-refractivity contribution in [3.8, 4) is 0 Å². The van der Waals surface area contributed by atoms with Gasteiger partial charge in [-0.3, -0.25) is 0 Å². The van der Waals surface area contributed by atoms with Crippen molar-refractivity contribution in [2.24, 2.45) is 23.7 Å². The molecule has 3 rings (SSSR count). The summed E-state index contributed by atoms with van der Waals surface area (Å²) in [5, 5.41) is 7.56. The zero-order valence-corrected chi connectivity index (χ0v) is 16.0. The second kappa shape index (κ2) is 7.72. The smallest absolute Gasteiger partial charge is 0.109 e. The summed E-state index contributed by atoms with van der Waals surface area (Å²) in [6, 6.07) is 1.30. The third-order valence-electron chi connectivity index (χ3n) is 5.50. The van der Waals surface area contributed by atoms with Crippen LogP contribution in [0.5, 0.6) is 0 Å². The van der Waals surface area contributed by atoms with Crippen LogP contribution in [0.1, 0.15) is 25.7 Å². The second-order valence-electron chi connectivity index (χ2n) is 6.70. The van der Waals surface area contributed by atoms with Crippen LogP contribution in [0.3, 0.4) is 0 Å². The van der Waals surface area contributed by atoms with E-state index in [-0.39, 0.29) is 0 Å². The summed E-state index contributed by atoms with van der Waals surface area (Å²) in [7, 11) is 0. The molecule has 6 atom stereocenters. The van der Waals surface area contributed by atoms with Gasteiger partial charge in [0, 0.05) is 12.1 Å². The van der Waals surface area contributed by atoms with Crippen LogP contribution in [0.4, 0.5) is 0 Å². The largest absolute Gasteiger partial charge is 0.316 e. The predicted octanol–water partition coefficient (Wildman–Crippen LogP) is 2.70.